The molecule has 1 aliphatic carbocycles. The van der Waals surface area contributed by atoms with Crippen LogP contribution in [-0.4, -0.2) is 49.7 Å². The van der Waals surface area contributed by atoms with Gasteiger partial charge in [-0.1, -0.05) is 41.9 Å². The highest BCUT2D eigenvalue weighted by Crippen LogP contribution is 2.43. The summed E-state index contributed by atoms with van der Waals surface area (Å²) in [5.41, 5.74) is 3.48. The molecule has 1 aliphatic heterocycles. The number of halogens is 4. The van der Waals surface area contributed by atoms with E-state index in [0.717, 1.165) is 39.5 Å². The van der Waals surface area contributed by atoms with Crippen molar-refractivity contribution in [1.29, 1.82) is 0 Å². The lowest BCUT2D eigenvalue weighted by molar-refractivity contribution is -0.144. The highest BCUT2D eigenvalue weighted by molar-refractivity contribution is 6.36. The summed E-state index contributed by atoms with van der Waals surface area (Å²) in [6.45, 7) is 2.42. The predicted molar refractivity (Wildman–Crippen MR) is 190 cm³/mol. The Labute approximate surface area is 300 Å². The first-order chi connectivity index (χ1) is 24.8. The summed E-state index contributed by atoms with van der Waals surface area (Å²) in [6, 6.07) is 12.8. The van der Waals surface area contributed by atoms with E-state index in [4.69, 9.17) is 21.3 Å². The number of hydrogen-bond donors (Lipinski definition) is 3. The maximum absolute atomic E-state index is 13.9. The summed E-state index contributed by atoms with van der Waals surface area (Å²) in [5.74, 6) is -1.35. The van der Waals surface area contributed by atoms with Gasteiger partial charge in [-0.3, -0.25) is 18.7 Å². The molecular weight excluding hydrogens is 701 g/mol. The van der Waals surface area contributed by atoms with Crippen molar-refractivity contribution < 1.29 is 22.7 Å². The first-order valence-electron chi connectivity index (χ1n) is 16.6. The number of ether oxygens (including phenoxy) is 1. The van der Waals surface area contributed by atoms with Gasteiger partial charge in [0.15, 0.2) is 5.65 Å². The third-order valence-corrected chi connectivity index (χ3v) is 10.2. The number of hydrogen-bond acceptors (Lipinski definition) is 9. The molecule has 2 aliphatic rings. The van der Waals surface area contributed by atoms with Crippen LogP contribution in [-0.2, 0) is 31.5 Å². The molecule has 3 aromatic heterocycles. The molecule has 2 atom stereocenters. The second-order valence-electron chi connectivity index (χ2n) is 13.0. The number of benzene rings is 2. The molecule has 4 heterocycles. The molecular formula is C36H34ClF3N8O4. The summed E-state index contributed by atoms with van der Waals surface area (Å²) in [7, 11) is 4.04. The number of carbonyl (C=O) groups excluding carboxylic acids is 1. The molecule has 1 amide bonds. The van der Waals surface area contributed by atoms with Gasteiger partial charge in [0.1, 0.15) is 11.2 Å². The van der Waals surface area contributed by atoms with Gasteiger partial charge < -0.3 is 20.7 Å². The van der Waals surface area contributed by atoms with Crippen molar-refractivity contribution >= 4 is 40.0 Å². The Morgan fingerprint density at radius 2 is 1.71 bits per heavy atom. The summed E-state index contributed by atoms with van der Waals surface area (Å²) >= 11 is 7.12. The average molecular weight is 735 g/mol. The normalized spacial score (nSPS) is 17.0. The number of fused-ring (bicyclic) bond motifs is 2. The molecule has 2 aromatic carbocycles. The molecule has 3 N–H and O–H groups in total. The lowest BCUT2D eigenvalue weighted by atomic mass is 9.96. The molecule has 0 unspecified atom stereocenters. The van der Waals surface area contributed by atoms with Crippen LogP contribution in [0.3, 0.4) is 0 Å². The van der Waals surface area contributed by atoms with E-state index in [2.05, 4.69) is 25.9 Å². The minimum atomic E-state index is -4.95. The third-order valence-electron chi connectivity index (χ3n) is 9.75. The van der Waals surface area contributed by atoms with E-state index < -0.39 is 34.7 Å². The van der Waals surface area contributed by atoms with Gasteiger partial charge in [0, 0.05) is 61.5 Å². The SMILES string of the molecule is COc1nc(-c2cccc(-c3cccc(Nc4nc(C(F)(F)F)nc5c4c(=O)n(C)c(=O)n5C)c3C)c2Cl)cc2c1[C@@H](NC[C@@H]1CCC(=O)N1)CC2. The molecule has 0 saturated carbocycles. The zero-order chi connectivity index (χ0) is 37.1. The van der Waals surface area contributed by atoms with Gasteiger partial charge in [-0.2, -0.15) is 13.2 Å². The minimum absolute atomic E-state index is 0.0213. The number of nitrogens with one attached hydrogen (secondary N) is 3. The number of carbonyl (C=O) groups is 1. The number of aryl methyl sites for hydroxylation is 2. The number of alkyl halides is 3. The van der Waals surface area contributed by atoms with Gasteiger partial charge in [0.25, 0.3) is 5.56 Å². The molecule has 0 spiro atoms. The van der Waals surface area contributed by atoms with Crippen molar-refractivity contribution in [1.82, 2.24) is 34.7 Å². The number of amides is 1. The maximum Gasteiger partial charge on any atom is 0.451 e. The monoisotopic (exact) mass is 734 g/mol. The third kappa shape index (κ3) is 6.17. The van der Waals surface area contributed by atoms with Gasteiger partial charge in [-0.25, -0.2) is 19.7 Å². The quantitative estimate of drug-likeness (QED) is 0.192. The van der Waals surface area contributed by atoms with Crippen molar-refractivity contribution in [3.8, 4) is 28.3 Å². The molecule has 1 fully saturated rings. The van der Waals surface area contributed by atoms with Crippen molar-refractivity contribution in [2.45, 2.75) is 50.9 Å². The smallest absolute Gasteiger partial charge is 0.451 e. The number of aromatic nitrogens is 5. The van der Waals surface area contributed by atoms with Crippen molar-refractivity contribution in [3.05, 3.63) is 90.8 Å². The molecule has 0 bridgehead atoms. The Balaban J connectivity index is 1.25. The van der Waals surface area contributed by atoms with Gasteiger partial charge in [0.05, 0.1) is 17.8 Å². The highest BCUT2D eigenvalue weighted by atomic mass is 35.5. The Hall–Kier alpha value is -5.28. The topological polar surface area (TPSA) is 145 Å². The fourth-order valence-corrected chi connectivity index (χ4v) is 7.35. The molecule has 270 valence electrons. The van der Waals surface area contributed by atoms with Crippen molar-refractivity contribution in [3.63, 3.8) is 0 Å². The van der Waals surface area contributed by atoms with Gasteiger partial charge in [-0.05, 0) is 55.0 Å². The van der Waals surface area contributed by atoms with Crippen LogP contribution >= 0.6 is 11.6 Å². The van der Waals surface area contributed by atoms with Crippen LogP contribution in [0.15, 0.2) is 52.1 Å². The van der Waals surface area contributed by atoms with E-state index in [-0.39, 0.29) is 23.4 Å². The van der Waals surface area contributed by atoms with E-state index in [9.17, 15) is 27.6 Å². The van der Waals surface area contributed by atoms with Crippen LogP contribution in [0.25, 0.3) is 33.4 Å². The standard InChI is InChI=1S/C36H34ClF3N8O4/c1-17-20(7-6-10-23(17)43-30-28-31(46-34(45-30)36(38,39)40)47(2)35(51)48(3)33(28)50)21-8-5-9-22(29(21)37)25-15-18-11-13-24(27(18)32(44-25)52-4)41-16-19-12-14-26(49)42-19/h5-10,15,19,24,41H,11-14,16H2,1-4H3,(H,42,49)(H,43,45,46)/t19-,24-/m0/s1. The molecule has 1 saturated heterocycles. The lowest BCUT2D eigenvalue weighted by Gasteiger charge is -2.20. The number of methoxy groups -OCH3 is 1. The first-order valence-corrected chi connectivity index (χ1v) is 17.0. The van der Waals surface area contributed by atoms with Crippen LogP contribution in [0, 0.1) is 6.92 Å². The van der Waals surface area contributed by atoms with Crippen LogP contribution in [0.2, 0.25) is 5.02 Å². The van der Waals surface area contributed by atoms with E-state index >= 15 is 0 Å². The number of anilines is 2. The second-order valence-corrected chi connectivity index (χ2v) is 13.3. The average Bonchev–Trinajstić information content (AvgIpc) is 3.74. The Morgan fingerprint density at radius 3 is 2.42 bits per heavy atom. The number of nitrogens with zero attached hydrogens (tertiary/aromatic N) is 5. The molecule has 52 heavy (non-hydrogen) atoms. The van der Waals surface area contributed by atoms with Crippen LogP contribution < -0.4 is 31.9 Å². The van der Waals surface area contributed by atoms with Crippen LogP contribution in [0.4, 0.5) is 24.7 Å². The minimum Gasteiger partial charge on any atom is -0.481 e. The molecule has 0 radical (unpaired) electrons. The lowest BCUT2D eigenvalue weighted by Crippen LogP contribution is -2.38. The van der Waals surface area contributed by atoms with Gasteiger partial charge in [0.2, 0.25) is 17.6 Å². The predicted octanol–water partition coefficient (Wildman–Crippen LogP) is 5.34. The summed E-state index contributed by atoms with van der Waals surface area (Å²) in [5, 5.41) is 9.60. The zero-order valence-corrected chi connectivity index (χ0v) is 29.4. The van der Waals surface area contributed by atoms with Gasteiger partial charge >= 0.3 is 11.9 Å². The number of pyridine rings is 1. The first kappa shape index (κ1) is 35.1. The fraction of sp³-hybridized carbons (Fsp3) is 0.333. The fourth-order valence-electron chi connectivity index (χ4n) is 7.02. The summed E-state index contributed by atoms with van der Waals surface area (Å²) in [6.07, 6.45) is -1.98. The van der Waals surface area contributed by atoms with E-state index in [1.54, 1.807) is 26.2 Å². The van der Waals surface area contributed by atoms with Crippen LogP contribution in [0.1, 0.15) is 47.8 Å². The maximum atomic E-state index is 13.9. The van der Waals surface area contributed by atoms with Crippen molar-refractivity contribution in [2.24, 2.45) is 14.1 Å². The largest absolute Gasteiger partial charge is 0.481 e. The van der Waals surface area contributed by atoms with E-state index in [1.807, 2.05) is 30.3 Å². The molecule has 7 rings (SSSR count). The Morgan fingerprint density at radius 1 is 0.981 bits per heavy atom. The van der Waals surface area contributed by atoms with Crippen LogP contribution in [0.5, 0.6) is 5.88 Å². The molecule has 5 aromatic rings. The van der Waals surface area contributed by atoms with Gasteiger partial charge in [-0.15, -0.1) is 0 Å². The highest BCUT2D eigenvalue weighted by Gasteiger charge is 2.37. The Bertz CT molecular complexity index is 2390. The molecule has 16 heteroatoms. The Kier molecular flexibility index (Phi) is 9.03. The summed E-state index contributed by atoms with van der Waals surface area (Å²) < 4.78 is 49.2. The zero-order valence-electron chi connectivity index (χ0n) is 28.6. The number of rotatable bonds is 8. The van der Waals surface area contributed by atoms with E-state index in [0.29, 0.717) is 57.5 Å². The second kappa shape index (κ2) is 13.4. The van der Waals surface area contributed by atoms with E-state index in [1.165, 1.54) is 14.1 Å². The van der Waals surface area contributed by atoms with Crippen molar-refractivity contribution in [2.75, 3.05) is 19.0 Å². The summed E-state index contributed by atoms with van der Waals surface area (Å²) in [4.78, 5) is 49.5. The molecule has 12 nitrogen and oxygen atoms in total.